The van der Waals surface area contributed by atoms with Crippen LogP contribution in [0.15, 0.2) is 60.8 Å². The Morgan fingerprint density at radius 1 is 1.17 bits per heavy atom. The molecular weight excluding hydrogens is 322 g/mol. The lowest BCUT2D eigenvalue weighted by atomic mass is 10.1. The summed E-state index contributed by atoms with van der Waals surface area (Å²) in [6.07, 6.45) is 3.39. The second-order valence-electron chi connectivity index (χ2n) is 5.63. The highest BCUT2D eigenvalue weighted by molar-refractivity contribution is 7.84. The van der Waals surface area contributed by atoms with Crippen molar-refractivity contribution < 1.29 is 9.00 Å². The molecule has 1 amide bonds. The van der Waals surface area contributed by atoms with Crippen molar-refractivity contribution in [2.24, 2.45) is 0 Å². The lowest BCUT2D eigenvalue weighted by Gasteiger charge is -2.18. The third kappa shape index (κ3) is 3.89. The third-order valence-corrected chi connectivity index (χ3v) is 4.59. The van der Waals surface area contributed by atoms with Crippen LogP contribution < -0.4 is 5.32 Å². The first kappa shape index (κ1) is 16.4. The van der Waals surface area contributed by atoms with Gasteiger partial charge < -0.3 is 5.32 Å². The second kappa shape index (κ2) is 7.40. The number of hydrogen-bond donors (Lipinski definition) is 1. The minimum Gasteiger partial charge on any atom is -0.347 e. The first-order valence-corrected chi connectivity index (χ1v) is 9.41. The molecule has 0 spiro atoms. The zero-order chi connectivity index (χ0) is 16.9. The van der Waals surface area contributed by atoms with Gasteiger partial charge in [0.15, 0.2) is 0 Å². The lowest BCUT2D eigenvalue weighted by Crippen LogP contribution is -2.34. The number of nitrogens with one attached hydrogen (secondary N) is 1. The van der Waals surface area contributed by atoms with Crippen molar-refractivity contribution in [1.82, 2.24) is 15.1 Å². The van der Waals surface area contributed by atoms with E-state index in [1.807, 2.05) is 54.6 Å². The van der Waals surface area contributed by atoms with E-state index in [2.05, 4.69) is 10.4 Å². The van der Waals surface area contributed by atoms with Gasteiger partial charge in [0.05, 0.1) is 17.8 Å². The zero-order valence-corrected chi connectivity index (χ0v) is 14.2. The van der Waals surface area contributed by atoms with Gasteiger partial charge in [-0.15, -0.1) is 0 Å². The molecule has 3 aromatic rings. The molecule has 0 unspecified atom stereocenters. The van der Waals surface area contributed by atoms with E-state index < -0.39 is 10.8 Å². The molecule has 0 bridgehead atoms. The SMILES string of the molecule is C[S@@](=O)C[C@@H](NC(=O)Cn1ncc2ccccc21)c1ccccc1. The largest absolute Gasteiger partial charge is 0.347 e. The maximum atomic E-state index is 12.4. The van der Waals surface area contributed by atoms with E-state index in [4.69, 9.17) is 0 Å². The molecule has 1 aromatic heterocycles. The molecule has 2 aromatic carbocycles. The molecule has 124 valence electrons. The van der Waals surface area contributed by atoms with E-state index in [1.165, 1.54) is 0 Å². The number of benzene rings is 2. The summed E-state index contributed by atoms with van der Waals surface area (Å²) in [6.45, 7) is 0.132. The van der Waals surface area contributed by atoms with Gasteiger partial charge in [-0.1, -0.05) is 48.5 Å². The number of amides is 1. The monoisotopic (exact) mass is 341 g/mol. The fourth-order valence-corrected chi connectivity index (χ4v) is 3.41. The Balaban J connectivity index is 1.75. The Hall–Kier alpha value is -2.47. The molecule has 2 atom stereocenters. The standard InChI is InChI=1S/C18H19N3O2S/c1-24(23)13-16(14-7-3-2-4-8-14)20-18(22)12-21-17-10-6-5-9-15(17)11-19-21/h2-11,16H,12-13H2,1H3,(H,20,22)/t16-,24-/m1/s1. The fourth-order valence-electron chi connectivity index (χ4n) is 2.67. The molecule has 0 aliphatic rings. The molecule has 0 aliphatic heterocycles. The number of fused-ring (bicyclic) bond motifs is 1. The zero-order valence-electron chi connectivity index (χ0n) is 13.4. The van der Waals surface area contributed by atoms with E-state index in [-0.39, 0.29) is 18.5 Å². The molecule has 1 N–H and O–H groups in total. The average molecular weight is 341 g/mol. The van der Waals surface area contributed by atoms with Gasteiger partial charge in [0.25, 0.3) is 0 Å². The highest BCUT2D eigenvalue weighted by atomic mass is 32.2. The van der Waals surface area contributed by atoms with Gasteiger partial charge in [0.1, 0.15) is 6.54 Å². The van der Waals surface area contributed by atoms with Crippen LogP contribution in [0.25, 0.3) is 10.9 Å². The van der Waals surface area contributed by atoms with Crippen molar-refractivity contribution in [2.45, 2.75) is 12.6 Å². The van der Waals surface area contributed by atoms with Crippen LogP contribution in [0.3, 0.4) is 0 Å². The summed E-state index contributed by atoms with van der Waals surface area (Å²) >= 11 is 0. The van der Waals surface area contributed by atoms with Gasteiger partial charge >= 0.3 is 0 Å². The lowest BCUT2D eigenvalue weighted by molar-refractivity contribution is -0.122. The van der Waals surface area contributed by atoms with Crippen LogP contribution in [0.1, 0.15) is 11.6 Å². The van der Waals surface area contributed by atoms with Gasteiger partial charge in [-0.3, -0.25) is 13.7 Å². The first-order valence-electron chi connectivity index (χ1n) is 7.68. The summed E-state index contributed by atoms with van der Waals surface area (Å²) in [5.41, 5.74) is 1.87. The van der Waals surface area contributed by atoms with Gasteiger partial charge in [-0.25, -0.2) is 0 Å². The smallest absolute Gasteiger partial charge is 0.242 e. The molecule has 0 aliphatic carbocycles. The Bertz CT molecular complexity index is 861. The van der Waals surface area contributed by atoms with Crippen LogP contribution in [-0.4, -0.2) is 31.9 Å². The van der Waals surface area contributed by atoms with Crippen LogP contribution in [0.4, 0.5) is 0 Å². The highest BCUT2D eigenvalue weighted by Gasteiger charge is 2.17. The molecule has 1 heterocycles. The van der Waals surface area contributed by atoms with Crippen LogP contribution in [0.2, 0.25) is 0 Å². The molecular formula is C18H19N3O2S. The van der Waals surface area contributed by atoms with E-state index in [0.29, 0.717) is 5.75 Å². The number of nitrogens with zero attached hydrogens (tertiary/aromatic N) is 2. The van der Waals surface area contributed by atoms with Crippen molar-refractivity contribution in [2.75, 3.05) is 12.0 Å². The average Bonchev–Trinajstić information content (AvgIpc) is 2.98. The Morgan fingerprint density at radius 3 is 2.62 bits per heavy atom. The maximum absolute atomic E-state index is 12.4. The first-order chi connectivity index (χ1) is 11.6. The molecule has 5 nitrogen and oxygen atoms in total. The number of rotatable bonds is 6. The minimum atomic E-state index is -1.01. The summed E-state index contributed by atoms with van der Waals surface area (Å²) in [7, 11) is -1.01. The van der Waals surface area contributed by atoms with Crippen molar-refractivity contribution in [3.05, 3.63) is 66.4 Å². The predicted molar refractivity (Wildman–Crippen MR) is 96.0 cm³/mol. The van der Waals surface area contributed by atoms with Crippen LogP contribution in [0, 0.1) is 0 Å². The Labute approximate surface area is 143 Å². The Morgan fingerprint density at radius 2 is 1.88 bits per heavy atom. The number of aromatic nitrogens is 2. The summed E-state index contributed by atoms with van der Waals surface area (Å²) < 4.78 is 13.3. The third-order valence-electron chi connectivity index (χ3n) is 3.78. The van der Waals surface area contributed by atoms with E-state index in [9.17, 15) is 9.00 Å². The molecule has 0 radical (unpaired) electrons. The molecule has 3 rings (SSSR count). The normalized spacial score (nSPS) is 13.5. The quantitative estimate of drug-likeness (QED) is 0.748. The molecule has 0 fully saturated rings. The van der Waals surface area contributed by atoms with Crippen LogP contribution in [-0.2, 0) is 22.1 Å². The van der Waals surface area contributed by atoms with Crippen molar-refractivity contribution >= 4 is 27.6 Å². The summed E-state index contributed by atoms with van der Waals surface area (Å²) in [6, 6.07) is 17.1. The topological polar surface area (TPSA) is 64.0 Å². The van der Waals surface area contributed by atoms with Crippen molar-refractivity contribution in [3.63, 3.8) is 0 Å². The Kier molecular flexibility index (Phi) is 5.05. The van der Waals surface area contributed by atoms with E-state index >= 15 is 0 Å². The van der Waals surface area contributed by atoms with Crippen LogP contribution >= 0.6 is 0 Å². The summed E-state index contributed by atoms with van der Waals surface area (Å²) in [5, 5.41) is 8.25. The van der Waals surface area contributed by atoms with E-state index in [1.54, 1.807) is 17.1 Å². The fraction of sp³-hybridized carbons (Fsp3) is 0.222. The molecule has 0 saturated carbocycles. The number of carbonyl (C=O) groups excluding carboxylic acids is 1. The molecule has 24 heavy (non-hydrogen) atoms. The summed E-state index contributed by atoms with van der Waals surface area (Å²) in [4.78, 5) is 12.4. The summed E-state index contributed by atoms with van der Waals surface area (Å²) in [5.74, 6) is 0.235. The van der Waals surface area contributed by atoms with Gasteiger partial charge in [-0.05, 0) is 11.6 Å². The van der Waals surface area contributed by atoms with Gasteiger partial charge in [0, 0.05) is 28.2 Å². The van der Waals surface area contributed by atoms with Crippen LogP contribution in [0.5, 0.6) is 0 Å². The number of hydrogen-bond acceptors (Lipinski definition) is 3. The van der Waals surface area contributed by atoms with E-state index in [0.717, 1.165) is 16.5 Å². The number of para-hydroxylation sites is 1. The predicted octanol–water partition coefficient (Wildman–Crippen LogP) is 2.27. The number of carbonyl (C=O) groups is 1. The van der Waals surface area contributed by atoms with Gasteiger partial charge in [-0.2, -0.15) is 5.10 Å². The van der Waals surface area contributed by atoms with Gasteiger partial charge in [0.2, 0.25) is 5.91 Å². The molecule has 6 heteroatoms. The molecule has 0 saturated heterocycles. The maximum Gasteiger partial charge on any atom is 0.242 e. The highest BCUT2D eigenvalue weighted by Crippen LogP contribution is 2.15. The minimum absolute atomic E-state index is 0.132. The second-order valence-corrected chi connectivity index (χ2v) is 7.11. The van der Waals surface area contributed by atoms with Crippen molar-refractivity contribution in [1.29, 1.82) is 0 Å². The van der Waals surface area contributed by atoms with Crippen molar-refractivity contribution in [3.8, 4) is 0 Å².